The number of hydrogen-bond acceptors (Lipinski definition) is 2. The standard InChI is InChI=1S/C4H10NO2P/c1-5(2)3-4-7-8-6/h3-4H2,1-2H3/p+1. The molecule has 0 spiro atoms. The maximum Gasteiger partial charge on any atom is 0.327 e. The molecule has 0 fully saturated rings. The van der Waals surface area contributed by atoms with E-state index in [1.165, 1.54) is 4.90 Å². The molecule has 0 aliphatic rings. The lowest BCUT2D eigenvalue weighted by molar-refractivity contribution is -0.858. The monoisotopic (exact) mass is 136 g/mol. The molecular weight excluding hydrogens is 125 g/mol. The summed E-state index contributed by atoms with van der Waals surface area (Å²) < 4.78 is 14.2. The van der Waals surface area contributed by atoms with Gasteiger partial charge in [0.25, 0.3) is 0 Å². The van der Waals surface area contributed by atoms with Crippen LogP contribution in [0.4, 0.5) is 0 Å². The molecule has 3 nitrogen and oxygen atoms in total. The van der Waals surface area contributed by atoms with Gasteiger partial charge >= 0.3 is 8.69 Å². The van der Waals surface area contributed by atoms with Crippen molar-refractivity contribution in [2.45, 2.75) is 0 Å². The summed E-state index contributed by atoms with van der Waals surface area (Å²) in [6.45, 7) is 1.46. The molecule has 0 amide bonds. The van der Waals surface area contributed by atoms with Crippen molar-refractivity contribution >= 4 is 8.69 Å². The summed E-state index contributed by atoms with van der Waals surface area (Å²) in [5.41, 5.74) is 0. The predicted molar refractivity (Wildman–Crippen MR) is 31.2 cm³/mol. The molecular formula is C4H11NO2P+. The smallest absolute Gasteiger partial charge is 0.327 e. The van der Waals surface area contributed by atoms with Crippen LogP contribution in [0.1, 0.15) is 0 Å². The van der Waals surface area contributed by atoms with Gasteiger partial charge in [-0.2, -0.15) is 0 Å². The first-order chi connectivity index (χ1) is 3.77. The molecule has 0 radical (unpaired) electrons. The summed E-state index contributed by atoms with van der Waals surface area (Å²) in [7, 11) is 3.82. The normalized spacial score (nSPS) is 10.9. The van der Waals surface area contributed by atoms with E-state index in [4.69, 9.17) is 0 Å². The van der Waals surface area contributed by atoms with Crippen LogP contribution in [0, 0.1) is 0 Å². The van der Waals surface area contributed by atoms with Gasteiger partial charge < -0.3 is 4.90 Å². The minimum atomic E-state index is -0.213. The molecule has 0 atom stereocenters. The molecule has 48 valence electrons. The summed E-state index contributed by atoms with van der Waals surface area (Å²) in [6, 6.07) is 0. The number of quaternary nitrogens is 1. The van der Waals surface area contributed by atoms with Crippen molar-refractivity contribution in [1.82, 2.24) is 0 Å². The summed E-state index contributed by atoms with van der Waals surface area (Å²) >= 11 is 0. The van der Waals surface area contributed by atoms with Crippen LogP contribution in [0.3, 0.4) is 0 Å². The van der Waals surface area contributed by atoms with Crippen molar-refractivity contribution in [3.05, 3.63) is 0 Å². The zero-order valence-electron chi connectivity index (χ0n) is 5.18. The van der Waals surface area contributed by atoms with Crippen LogP contribution in [-0.4, -0.2) is 27.2 Å². The Labute approximate surface area is 50.9 Å². The molecule has 0 aromatic carbocycles. The minimum Gasteiger partial charge on any atom is -0.338 e. The van der Waals surface area contributed by atoms with Gasteiger partial charge in [0, 0.05) is 0 Å². The highest BCUT2D eigenvalue weighted by molar-refractivity contribution is 7.17. The Morgan fingerprint density at radius 1 is 1.62 bits per heavy atom. The van der Waals surface area contributed by atoms with Gasteiger partial charge in [-0.3, -0.25) is 4.52 Å². The van der Waals surface area contributed by atoms with E-state index in [2.05, 4.69) is 4.52 Å². The highest BCUT2D eigenvalue weighted by Gasteiger charge is 1.90. The lowest BCUT2D eigenvalue weighted by Crippen LogP contribution is -3.06. The molecule has 1 N–H and O–H groups in total. The molecule has 0 unspecified atom stereocenters. The third-order valence-corrected chi connectivity index (χ3v) is 1.03. The third kappa shape index (κ3) is 6.02. The Hall–Kier alpha value is 0.0200. The predicted octanol–water partition coefficient (Wildman–Crippen LogP) is -0.646. The molecule has 4 heteroatoms. The van der Waals surface area contributed by atoms with Gasteiger partial charge in [0.15, 0.2) is 0 Å². The zero-order chi connectivity index (χ0) is 6.41. The van der Waals surface area contributed by atoms with E-state index in [9.17, 15) is 4.57 Å². The maximum absolute atomic E-state index is 9.65. The SMILES string of the molecule is C[NH+](C)CCOP=O. The second-order valence-corrected chi connectivity index (χ2v) is 2.27. The molecule has 0 aliphatic heterocycles. The number of rotatable bonds is 4. The summed E-state index contributed by atoms with van der Waals surface area (Å²) in [5, 5.41) is 0. The van der Waals surface area contributed by atoms with Gasteiger partial charge in [0.2, 0.25) is 0 Å². The van der Waals surface area contributed by atoms with Gasteiger partial charge in [0.1, 0.15) is 13.2 Å². The van der Waals surface area contributed by atoms with Gasteiger partial charge in [0.05, 0.1) is 14.1 Å². The van der Waals surface area contributed by atoms with Crippen LogP contribution >= 0.6 is 8.69 Å². The fourth-order valence-corrected chi connectivity index (χ4v) is 0.453. The van der Waals surface area contributed by atoms with Crippen LogP contribution in [0.25, 0.3) is 0 Å². The molecule has 0 saturated heterocycles. The van der Waals surface area contributed by atoms with E-state index in [-0.39, 0.29) is 8.69 Å². The highest BCUT2D eigenvalue weighted by atomic mass is 31.1. The molecule has 0 aliphatic carbocycles. The zero-order valence-corrected chi connectivity index (χ0v) is 6.07. The Morgan fingerprint density at radius 3 is 2.62 bits per heavy atom. The number of nitrogens with one attached hydrogen (secondary N) is 1. The first kappa shape index (κ1) is 8.02. The van der Waals surface area contributed by atoms with Crippen LogP contribution in [-0.2, 0) is 9.09 Å². The second kappa shape index (κ2) is 5.16. The van der Waals surface area contributed by atoms with E-state index in [1.807, 2.05) is 14.1 Å². The second-order valence-electron chi connectivity index (χ2n) is 1.86. The third-order valence-electron chi connectivity index (χ3n) is 0.746. The van der Waals surface area contributed by atoms with Crippen LogP contribution in [0.15, 0.2) is 0 Å². The molecule has 0 saturated carbocycles. The van der Waals surface area contributed by atoms with E-state index < -0.39 is 0 Å². The van der Waals surface area contributed by atoms with Gasteiger partial charge in [-0.25, -0.2) is 4.57 Å². The van der Waals surface area contributed by atoms with E-state index in [0.29, 0.717) is 6.61 Å². The molecule has 0 aromatic heterocycles. The number of hydrogen-bond donors (Lipinski definition) is 1. The molecule has 0 rings (SSSR count). The topological polar surface area (TPSA) is 30.7 Å². The maximum atomic E-state index is 9.65. The average molecular weight is 136 g/mol. The summed E-state index contributed by atoms with van der Waals surface area (Å²) in [6.07, 6.45) is 0. The Morgan fingerprint density at radius 2 is 2.25 bits per heavy atom. The van der Waals surface area contributed by atoms with Gasteiger partial charge in [-0.05, 0) is 0 Å². The van der Waals surface area contributed by atoms with E-state index in [1.54, 1.807) is 0 Å². The average Bonchev–Trinajstić information content (AvgIpc) is 1.66. The first-order valence-corrected chi connectivity index (χ1v) is 3.24. The fraction of sp³-hybridized carbons (Fsp3) is 1.00. The lowest BCUT2D eigenvalue weighted by Gasteiger charge is -2.02. The van der Waals surface area contributed by atoms with E-state index >= 15 is 0 Å². The molecule has 0 heterocycles. The van der Waals surface area contributed by atoms with Crippen molar-refractivity contribution in [2.24, 2.45) is 0 Å². The highest BCUT2D eigenvalue weighted by Crippen LogP contribution is 1.89. The fourth-order valence-electron chi connectivity index (χ4n) is 0.287. The Balaban J connectivity index is 2.81. The van der Waals surface area contributed by atoms with Crippen molar-refractivity contribution in [2.75, 3.05) is 27.2 Å². The van der Waals surface area contributed by atoms with Gasteiger partial charge in [-0.15, -0.1) is 0 Å². The Bertz CT molecular complexity index is 67.1. The molecule has 0 bridgehead atoms. The quantitative estimate of drug-likeness (QED) is 0.411. The minimum absolute atomic E-state index is 0.213. The van der Waals surface area contributed by atoms with Crippen LogP contribution < -0.4 is 4.90 Å². The van der Waals surface area contributed by atoms with Gasteiger partial charge in [-0.1, -0.05) is 0 Å². The van der Waals surface area contributed by atoms with Crippen LogP contribution in [0.2, 0.25) is 0 Å². The largest absolute Gasteiger partial charge is 0.338 e. The molecule has 0 aromatic rings. The Kier molecular flexibility index (Phi) is 5.18. The lowest BCUT2D eigenvalue weighted by atomic mass is 10.6. The van der Waals surface area contributed by atoms with Crippen molar-refractivity contribution in [3.63, 3.8) is 0 Å². The van der Waals surface area contributed by atoms with Crippen LogP contribution in [0.5, 0.6) is 0 Å². The van der Waals surface area contributed by atoms with Crippen molar-refractivity contribution < 1.29 is 14.0 Å². The van der Waals surface area contributed by atoms with Crippen molar-refractivity contribution in [1.29, 1.82) is 0 Å². The molecule has 8 heavy (non-hydrogen) atoms. The van der Waals surface area contributed by atoms with E-state index in [0.717, 1.165) is 6.54 Å². The number of likely N-dealkylation sites (N-methyl/N-ethyl adjacent to an activating group) is 1. The summed E-state index contributed by atoms with van der Waals surface area (Å²) in [5.74, 6) is 0. The summed E-state index contributed by atoms with van der Waals surface area (Å²) in [4.78, 5) is 1.30. The van der Waals surface area contributed by atoms with Crippen molar-refractivity contribution in [3.8, 4) is 0 Å². The first-order valence-electron chi connectivity index (χ1n) is 2.51.